The molecule has 0 aromatic heterocycles. The van der Waals surface area contributed by atoms with Crippen molar-refractivity contribution < 1.29 is 4.79 Å². The van der Waals surface area contributed by atoms with Crippen molar-refractivity contribution in [1.29, 1.82) is 5.26 Å². The van der Waals surface area contributed by atoms with Crippen LogP contribution in [0.2, 0.25) is 0 Å². The van der Waals surface area contributed by atoms with E-state index in [-0.39, 0.29) is 16.7 Å². The summed E-state index contributed by atoms with van der Waals surface area (Å²) < 4.78 is 0. The lowest BCUT2D eigenvalue weighted by atomic mass is 9.88. The van der Waals surface area contributed by atoms with E-state index in [1.165, 1.54) is 0 Å². The fraction of sp³-hybridized carbons (Fsp3) is 0.467. The van der Waals surface area contributed by atoms with E-state index >= 15 is 0 Å². The number of nitrogens with zero attached hydrogens (tertiary/aromatic N) is 2. The van der Waals surface area contributed by atoms with Crippen molar-refractivity contribution in [2.75, 3.05) is 11.9 Å². The number of anilines is 1. The maximum atomic E-state index is 11.7. The van der Waals surface area contributed by atoms with E-state index in [1.807, 2.05) is 12.1 Å². The molecule has 0 radical (unpaired) electrons. The average Bonchev–Trinajstić information content (AvgIpc) is 2.80. The largest absolute Gasteiger partial charge is 0.315 e. The summed E-state index contributed by atoms with van der Waals surface area (Å²) >= 11 is 0. The Kier molecular flexibility index (Phi) is 1.97. The first-order valence-electron chi connectivity index (χ1n) is 6.22. The number of benzene rings is 1. The van der Waals surface area contributed by atoms with Crippen molar-refractivity contribution in [3.05, 3.63) is 29.3 Å². The second-order valence-electron chi connectivity index (χ2n) is 6.05. The Morgan fingerprint density at radius 3 is 2.61 bits per heavy atom. The molecule has 3 heteroatoms. The van der Waals surface area contributed by atoms with E-state index in [1.54, 1.807) is 11.9 Å². The zero-order chi connectivity index (χ0) is 13.1. The quantitative estimate of drug-likeness (QED) is 0.756. The lowest BCUT2D eigenvalue weighted by Crippen LogP contribution is -2.20. The number of rotatable bonds is 1. The van der Waals surface area contributed by atoms with Gasteiger partial charge < -0.3 is 4.90 Å². The lowest BCUT2D eigenvalue weighted by Gasteiger charge is -2.15. The molecule has 1 aliphatic heterocycles. The highest BCUT2D eigenvalue weighted by molar-refractivity contribution is 6.01. The molecule has 1 saturated carbocycles. The fourth-order valence-corrected chi connectivity index (χ4v) is 3.10. The summed E-state index contributed by atoms with van der Waals surface area (Å²) in [6.45, 7) is 4.25. The maximum absolute atomic E-state index is 11.7. The Morgan fingerprint density at radius 2 is 2.06 bits per heavy atom. The summed E-state index contributed by atoms with van der Waals surface area (Å²) in [6, 6.07) is 8.51. The molecule has 1 fully saturated rings. The van der Waals surface area contributed by atoms with Crippen molar-refractivity contribution in [3.8, 4) is 6.07 Å². The monoisotopic (exact) mass is 240 g/mol. The SMILES string of the molecule is CN1C(=O)Cc2cc(C3(C#N)CC3(C)C)ccc21. The number of likely N-dealkylation sites (N-methyl/N-ethyl adjacent to an activating group) is 1. The van der Waals surface area contributed by atoms with E-state index in [0.29, 0.717) is 6.42 Å². The number of amides is 1. The highest BCUT2D eigenvalue weighted by atomic mass is 16.2. The molecule has 1 unspecified atom stereocenters. The first-order chi connectivity index (χ1) is 8.41. The lowest BCUT2D eigenvalue weighted by molar-refractivity contribution is -0.117. The minimum Gasteiger partial charge on any atom is -0.315 e. The molecule has 0 spiro atoms. The third-order valence-electron chi connectivity index (χ3n) is 4.58. The molecule has 3 rings (SSSR count). The Hall–Kier alpha value is -1.82. The minimum atomic E-state index is -0.355. The molecule has 1 atom stereocenters. The first kappa shape index (κ1) is 11.3. The number of carbonyl (C=O) groups excluding carboxylic acids is 1. The van der Waals surface area contributed by atoms with Crippen molar-refractivity contribution in [1.82, 2.24) is 0 Å². The van der Waals surface area contributed by atoms with Gasteiger partial charge in [-0.1, -0.05) is 26.0 Å². The Balaban J connectivity index is 2.07. The summed E-state index contributed by atoms with van der Waals surface area (Å²) in [5.41, 5.74) is 2.79. The van der Waals surface area contributed by atoms with Gasteiger partial charge in [-0.05, 0) is 29.0 Å². The molecule has 1 heterocycles. The molecule has 0 N–H and O–H groups in total. The summed E-state index contributed by atoms with van der Waals surface area (Å²) in [7, 11) is 1.80. The maximum Gasteiger partial charge on any atom is 0.231 e. The molecule has 0 bridgehead atoms. The number of carbonyl (C=O) groups is 1. The van der Waals surface area contributed by atoms with Crippen LogP contribution in [0.3, 0.4) is 0 Å². The first-order valence-corrected chi connectivity index (χ1v) is 6.22. The predicted molar refractivity (Wildman–Crippen MR) is 69.2 cm³/mol. The van der Waals surface area contributed by atoms with E-state index in [9.17, 15) is 10.1 Å². The van der Waals surface area contributed by atoms with Crippen LogP contribution in [0.25, 0.3) is 0 Å². The zero-order valence-corrected chi connectivity index (χ0v) is 10.9. The van der Waals surface area contributed by atoms with Gasteiger partial charge in [-0.3, -0.25) is 4.79 Å². The van der Waals surface area contributed by atoms with Crippen LogP contribution in [0, 0.1) is 16.7 Å². The second kappa shape index (κ2) is 3.14. The van der Waals surface area contributed by atoms with Gasteiger partial charge in [0.15, 0.2) is 0 Å². The van der Waals surface area contributed by atoms with Crippen LogP contribution in [-0.2, 0) is 16.6 Å². The van der Waals surface area contributed by atoms with Crippen LogP contribution in [-0.4, -0.2) is 13.0 Å². The summed E-state index contributed by atoms with van der Waals surface area (Å²) in [6.07, 6.45) is 1.36. The van der Waals surface area contributed by atoms with Gasteiger partial charge in [0.25, 0.3) is 0 Å². The number of hydrogen-bond acceptors (Lipinski definition) is 2. The molecular weight excluding hydrogens is 224 g/mol. The predicted octanol–water partition coefficient (Wildman–Crippen LogP) is 2.40. The molecule has 0 saturated heterocycles. The highest BCUT2D eigenvalue weighted by Gasteiger charge is 2.63. The van der Waals surface area contributed by atoms with Crippen molar-refractivity contribution in [3.63, 3.8) is 0 Å². The van der Waals surface area contributed by atoms with Crippen LogP contribution in [0.5, 0.6) is 0 Å². The fourth-order valence-electron chi connectivity index (χ4n) is 3.10. The van der Waals surface area contributed by atoms with Gasteiger partial charge in [-0.15, -0.1) is 0 Å². The van der Waals surface area contributed by atoms with E-state index < -0.39 is 0 Å². The van der Waals surface area contributed by atoms with Gasteiger partial charge in [0, 0.05) is 12.7 Å². The van der Waals surface area contributed by atoms with Gasteiger partial charge in [0.1, 0.15) is 0 Å². The van der Waals surface area contributed by atoms with Gasteiger partial charge >= 0.3 is 0 Å². The molecule has 92 valence electrons. The molecule has 1 aliphatic carbocycles. The highest BCUT2D eigenvalue weighted by Crippen LogP contribution is 2.64. The average molecular weight is 240 g/mol. The number of hydrogen-bond donors (Lipinski definition) is 0. The summed E-state index contributed by atoms with van der Waals surface area (Å²) in [4.78, 5) is 13.4. The second-order valence-corrected chi connectivity index (χ2v) is 6.05. The van der Waals surface area contributed by atoms with E-state index in [2.05, 4.69) is 26.0 Å². The molecular formula is C15H16N2O. The van der Waals surface area contributed by atoms with Gasteiger partial charge in [-0.2, -0.15) is 5.26 Å². The third-order valence-corrected chi connectivity index (χ3v) is 4.58. The minimum absolute atomic E-state index is 0.0461. The summed E-state index contributed by atoms with van der Waals surface area (Å²) in [5, 5.41) is 9.47. The summed E-state index contributed by atoms with van der Waals surface area (Å²) in [5.74, 6) is 0.128. The van der Waals surface area contributed by atoms with Crippen molar-refractivity contribution in [2.45, 2.75) is 32.1 Å². The zero-order valence-electron chi connectivity index (χ0n) is 10.9. The van der Waals surface area contributed by atoms with Crippen LogP contribution in [0.4, 0.5) is 5.69 Å². The number of nitriles is 1. The number of fused-ring (bicyclic) bond motifs is 1. The smallest absolute Gasteiger partial charge is 0.231 e. The van der Waals surface area contributed by atoms with Crippen LogP contribution in [0.1, 0.15) is 31.4 Å². The van der Waals surface area contributed by atoms with Gasteiger partial charge in [0.2, 0.25) is 5.91 Å². The normalized spacial score (nSPS) is 27.9. The third kappa shape index (κ3) is 1.21. The Bertz CT molecular complexity index is 597. The van der Waals surface area contributed by atoms with Crippen LogP contribution in [0.15, 0.2) is 18.2 Å². The topological polar surface area (TPSA) is 44.1 Å². The van der Waals surface area contributed by atoms with Crippen LogP contribution < -0.4 is 4.90 Å². The Labute approximate surface area is 107 Å². The van der Waals surface area contributed by atoms with E-state index in [0.717, 1.165) is 23.2 Å². The molecule has 3 nitrogen and oxygen atoms in total. The van der Waals surface area contributed by atoms with Crippen molar-refractivity contribution >= 4 is 11.6 Å². The van der Waals surface area contributed by atoms with Crippen molar-refractivity contribution in [2.24, 2.45) is 5.41 Å². The Morgan fingerprint density at radius 1 is 1.39 bits per heavy atom. The van der Waals surface area contributed by atoms with Gasteiger partial charge in [-0.25, -0.2) is 0 Å². The standard InChI is InChI=1S/C15H16N2O/c1-14(2)8-15(14,9-16)11-4-5-12-10(6-11)7-13(18)17(12)3/h4-6H,7-8H2,1-3H3. The molecule has 1 aromatic rings. The van der Waals surface area contributed by atoms with E-state index in [4.69, 9.17) is 0 Å². The van der Waals surface area contributed by atoms with Crippen LogP contribution >= 0.6 is 0 Å². The molecule has 1 aromatic carbocycles. The van der Waals surface area contributed by atoms with Gasteiger partial charge in [0.05, 0.1) is 17.9 Å². The molecule has 2 aliphatic rings. The molecule has 18 heavy (non-hydrogen) atoms. The molecule has 1 amide bonds.